The molecule has 7 heteroatoms. The largest absolute Gasteiger partial charge is 0.351 e. The van der Waals surface area contributed by atoms with Crippen LogP contribution in [0.25, 0.3) is 0 Å². The Bertz CT molecular complexity index is 738. The number of amides is 3. The number of piperidine rings is 1. The summed E-state index contributed by atoms with van der Waals surface area (Å²) in [6.07, 6.45) is 4.09. The molecule has 3 amide bonds. The smallest absolute Gasteiger partial charge is 0.251 e. The number of hydrogen-bond donors (Lipinski definition) is 2. The van der Waals surface area contributed by atoms with E-state index < -0.39 is 6.04 Å². The van der Waals surface area contributed by atoms with Gasteiger partial charge in [0.2, 0.25) is 11.8 Å². The quantitative estimate of drug-likeness (QED) is 0.713. The Morgan fingerprint density at radius 3 is 2.24 bits per heavy atom. The van der Waals surface area contributed by atoms with Crippen LogP contribution in [0.2, 0.25) is 5.02 Å². The zero-order valence-corrected chi connectivity index (χ0v) is 17.9. The highest BCUT2D eigenvalue weighted by Gasteiger charge is 2.35. The molecule has 1 atom stereocenters. The summed E-state index contributed by atoms with van der Waals surface area (Å²) in [5.41, 5.74) is 0.475. The molecule has 3 rings (SSSR count). The van der Waals surface area contributed by atoms with Crippen LogP contribution in [-0.2, 0) is 9.59 Å². The Morgan fingerprint density at radius 2 is 1.69 bits per heavy atom. The van der Waals surface area contributed by atoms with Gasteiger partial charge in [-0.25, -0.2) is 0 Å². The van der Waals surface area contributed by atoms with Gasteiger partial charge in [0, 0.05) is 35.6 Å². The van der Waals surface area contributed by atoms with E-state index in [4.69, 9.17) is 11.6 Å². The van der Waals surface area contributed by atoms with E-state index in [9.17, 15) is 14.4 Å². The van der Waals surface area contributed by atoms with Crippen molar-refractivity contribution in [2.75, 3.05) is 13.1 Å². The number of benzene rings is 1. The lowest BCUT2D eigenvalue weighted by Crippen LogP contribution is -2.53. The van der Waals surface area contributed by atoms with Crippen LogP contribution in [0.3, 0.4) is 0 Å². The fraction of sp³-hybridized carbons (Fsp3) is 0.591. The van der Waals surface area contributed by atoms with Crippen LogP contribution in [-0.4, -0.2) is 47.8 Å². The van der Waals surface area contributed by atoms with Gasteiger partial charge in [0.05, 0.1) is 0 Å². The second-order valence-corrected chi connectivity index (χ2v) is 8.98. The van der Waals surface area contributed by atoms with E-state index >= 15 is 0 Å². The van der Waals surface area contributed by atoms with Gasteiger partial charge < -0.3 is 15.5 Å². The van der Waals surface area contributed by atoms with Crippen LogP contribution >= 0.6 is 11.6 Å². The number of hydrogen-bond acceptors (Lipinski definition) is 3. The predicted octanol–water partition coefficient (Wildman–Crippen LogP) is 3.00. The van der Waals surface area contributed by atoms with Crippen molar-refractivity contribution in [3.05, 3.63) is 34.9 Å². The molecule has 158 valence electrons. The number of likely N-dealkylation sites (tertiary alicyclic amines) is 1. The Kier molecular flexibility index (Phi) is 7.17. The summed E-state index contributed by atoms with van der Waals surface area (Å²) in [6, 6.07) is 6.05. The first-order valence-electron chi connectivity index (χ1n) is 10.5. The van der Waals surface area contributed by atoms with Crippen molar-refractivity contribution in [3.63, 3.8) is 0 Å². The Morgan fingerprint density at radius 1 is 1.07 bits per heavy atom. The summed E-state index contributed by atoms with van der Waals surface area (Å²) in [5, 5.41) is 6.51. The van der Waals surface area contributed by atoms with Crippen LogP contribution < -0.4 is 10.6 Å². The molecule has 29 heavy (non-hydrogen) atoms. The molecular weight excluding hydrogens is 390 g/mol. The second-order valence-electron chi connectivity index (χ2n) is 8.54. The molecule has 0 radical (unpaired) electrons. The van der Waals surface area contributed by atoms with Gasteiger partial charge in [0.25, 0.3) is 5.91 Å². The summed E-state index contributed by atoms with van der Waals surface area (Å²) >= 11 is 5.88. The molecule has 1 aromatic carbocycles. The minimum Gasteiger partial charge on any atom is -0.351 e. The number of nitrogens with one attached hydrogen (secondary N) is 2. The van der Waals surface area contributed by atoms with E-state index in [1.54, 1.807) is 24.3 Å². The molecule has 6 nitrogen and oxygen atoms in total. The van der Waals surface area contributed by atoms with E-state index in [0.29, 0.717) is 30.1 Å². The highest BCUT2D eigenvalue weighted by atomic mass is 35.5. The SMILES string of the molecule is CC(C)CC(NC(=O)c1ccc(Cl)cc1)C(=O)NC1CCN(C(=O)C2CC2)CC1. The van der Waals surface area contributed by atoms with Gasteiger partial charge in [-0.2, -0.15) is 0 Å². The van der Waals surface area contributed by atoms with Gasteiger partial charge in [-0.15, -0.1) is 0 Å². The van der Waals surface area contributed by atoms with Crippen LogP contribution in [0, 0.1) is 11.8 Å². The molecule has 1 unspecified atom stereocenters. The van der Waals surface area contributed by atoms with Gasteiger partial charge in [0.15, 0.2) is 0 Å². The average molecular weight is 420 g/mol. The van der Waals surface area contributed by atoms with Gasteiger partial charge in [-0.05, 0) is 62.3 Å². The van der Waals surface area contributed by atoms with Crippen molar-refractivity contribution < 1.29 is 14.4 Å². The fourth-order valence-electron chi connectivity index (χ4n) is 3.68. The van der Waals surface area contributed by atoms with E-state index in [-0.39, 0.29) is 35.6 Å². The molecule has 2 fully saturated rings. The van der Waals surface area contributed by atoms with Crippen molar-refractivity contribution >= 4 is 29.3 Å². The summed E-state index contributed by atoms with van der Waals surface area (Å²) < 4.78 is 0. The normalized spacial score (nSPS) is 18.4. The van der Waals surface area contributed by atoms with Crippen LogP contribution in [0.4, 0.5) is 0 Å². The zero-order valence-electron chi connectivity index (χ0n) is 17.1. The number of nitrogens with zero attached hydrogens (tertiary/aromatic N) is 1. The first-order valence-corrected chi connectivity index (χ1v) is 10.9. The molecule has 1 saturated carbocycles. The maximum absolute atomic E-state index is 12.9. The van der Waals surface area contributed by atoms with E-state index in [0.717, 1.165) is 25.7 Å². The number of halogens is 1. The first kappa shape index (κ1) is 21.6. The molecule has 1 saturated heterocycles. The molecule has 2 aliphatic rings. The first-order chi connectivity index (χ1) is 13.8. The monoisotopic (exact) mass is 419 g/mol. The Labute approximate surface area is 177 Å². The summed E-state index contributed by atoms with van der Waals surface area (Å²) in [4.78, 5) is 39.5. The van der Waals surface area contributed by atoms with Gasteiger partial charge >= 0.3 is 0 Å². The maximum atomic E-state index is 12.9. The summed E-state index contributed by atoms with van der Waals surface area (Å²) in [5.74, 6) is 0.317. The standard InChI is InChI=1S/C22H30ClN3O3/c1-14(2)13-19(25-20(27)15-5-7-17(23)8-6-15)21(28)24-18-9-11-26(12-10-18)22(29)16-3-4-16/h5-8,14,16,18-19H,3-4,9-13H2,1-2H3,(H,24,28)(H,25,27). The van der Waals surface area contributed by atoms with Crippen molar-refractivity contribution in [3.8, 4) is 0 Å². The average Bonchev–Trinajstić information content (AvgIpc) is 3.53. The minimum absolute atomic E-state index is 0.0350. The molecule has 0 spiro atoms. The summed E-state index contributed by atoms with van der Waals surface area (Å²) in [7, 11) is 0. The Hall–Kier alpha value is -2.08. The molecule has 1 aliphatic carbocycles. The number of rotatable bonds is 7. The van der Waals surface area contributed by atoms with Crippen molar-refractivity contribution in [1.82, 2.24) is 15.5 Å². The Balaban J connectivity index is 1.54. The third-order valence-electron chi connectivity index (χ3n) is 5.51. The predicted molar refractivity (Wildman–Crippen MR) is 113 cm³/mol. The van der Waals surface area contributed by atoms with E-state index in [1.807, 2.05) is 18.7 Å². The maximum Gasteiger partial charge on any atom is 0.251 e. The van der Waals surface area contributed by atoms with Crippen LogP contribution in [0.15, 0.2) is 24.3 Å². The lowest BCUT2D eigenvalue weighted by atomic mass is 10.00. The lowest BCUT2D eigenvalue weighted by Gasteiger charge is -2.33. The molecular formula is C22H30ClN3O3. The van der Waals surface area contributed by atoms with Crippen LogP contribution in [0.5, 0.6) is 0 Å². The molecule has 1 aliphatic heterocycles. The highest BCUT2D eigenvalue weighted by molar-refractivity contribution is 6.30. The topological polar surface area (TPSA) is 78.5 Å². The fourth-order valence-corrected chi connectivity index (χ4v) is 3.81. The summed E-state index contributed by atoms with van der Waals surface area (Å²) in [6.45, 7) is 5.42. The third kappa shape index (κ3) is 6.20. The second kappa shape index (κ2) is 9.61. The number of carbonyl (C=O) groups excluding carboxylic acids is 3. The zero-order chi connectivity index (χ0) is 21.0. The van der Waals surface area contributed by atoms with Crippen LogP contribution in [0.1, 0.15) is 56.3 Å². The van der Waals surface area contributed by atoms with E-state index in [2.05, 4.69) is 10.6 Å². The molecule has 2 N–H and O–H groups in total. The molecule has 0 bridgehead atoms. The van der Waals surface area contributed by atoms with Gasteiger partial charge in [-0.1, -0.05) is 25.4 Å². The van der Waals surface area contributed by atoms with E-state index in [1.165, 1.54) is 0 Å². The van der Waals surface area contributed by atoms with Crippen molar-refractivity contribution in [2.24, 2.45) is 11.8 Å². The highest BCUT2D eigenvalue weighted by Crippen LogP contribution is 2.31. The molecule has 1 aromatic rings. The minimum atomic E-state index is -0.593. The van der Waals surface area contributed by atoms with Crippen molar-refractivity contribution in [1.29, 1.82) is 0 Å². The molecule has 1 heterocycles. The lowest BCUT2D eigenvalue weighted by molar-refractivity contribution is -0.133. The van der Waals surface area contributed by atoms with Gasteiger partial charge in [-0.3, -0.25) is 14.4 Å². The van der Waals surface area contributed by atoms with Gasteiger partial charge in [0.1, 0.15) is 6.04 Å². The van der Waals surface area contributed by atoms with Crippen molar-refractivity contribution in [2.45, 2.75) is 58.0 Å². The third-order valence-corrected chi connectivity index (χ3v) is 5.77. The molecule has 0 aromatic heterocycles. The number of carbonyl (C=O) groups is 3.